The molecule has 3 rings (SSSR count). The Balaban J connectivity index is 1.72. The summed E-state index contributed by atoms with van der Waals surface area (Å²) in [6, 6.07) is 16.5. The molecule has 5 nitrogen and oxygen atoms in total. The fourth-order valence-electron chi connectivity index (χ4n) is 2.31. The van der Waals surface area contributed by atoms with Gasteiger partial charge in [-0.1, -0.05) is 30.3 Å². The van der Waals surface area contributed by atoms with Gasteiger partial charge in [0.05, 0.1) is 16.9 Å². The summed E-state index contributed by atoms with van der Waals surface area (Å²) in [5.41, 5.74) is 1.88. The predicted molar refractivity (Wildman–Crippen MR) is 110 cm³/mol. The molecule has 1 amide bonds. The number of halogens is 1. The second kappa shape index (κ2) is 8.41. The first-order valence-corrected chi connectivity index (χ1v) is 9.74. The smallest absolute Gasteiger partial charge is 0.339 e. The summed E-state index contributed by atoms with van der Waals surface area (Å²) in [5.74, 6) is -0.524. The predicted octanol–water partition coefficient (Wildman–Crippen LogP) is 4.79. The lowest BCUT2D eigenvalue weighted by Crippen LogP contribution is -2.22. The van der Waals surface area contributed by atoms with Gasteiger partial charge in [0.15, 0.2) is 5.13 Å². The van der Waals surface area contributed by atoms with Gasteiger partial charge >= 0.3 is 5.97 Å². The van der Waals surface area contributed by atoms with Crippen molar-refractivity contribution < 1.29 is 14.3 Å². The lowest BCUT2D eigenvalue weighted by atomic mass is 10.2. The number of hydrogen-bond acceptors (Lipinski definition) is 5. The summed E-state index contributed by atoms with van der Waals surface area (Å²) in [6.45, 7) is 1.55. The van der Waals surface area contributed by atoms with E-state index in [1.165, 1.54) is 23.2 Å². The number of esters is 1. The van der Waals surface area contributed by atoms with Gasteiger partial charge in [-0.3, -0.25) is 9.69 Å². The van der Waals surface area contributed by atoms with E-state index in [1.54, 1.807) is 17.5 Å². The molecule has 0 spiro atoms. The van der Waals surface area contributed by atoms with Gasteiger partial charge in [-0.25, -0.2) is 9.78 Å². The number of nitrogens with zero attached hydrogens (tertiary/aromatic N) is 2. The quantitative estimate of drug-likeness (QED) is 0.391. The number of aromatic nitrogens is 1. The van der Waals surface area contributed by atoms with Crippen LogP contribution in [0.15, 0.2) is 60.0 Å². The SMILES string of the molecule is CC(=O)N(c1ccccc1)c1nc(COC(=O)c2ccccc2I)cs1. The van der Waals surface area contributed by atoms with Gasteiger partial charge in [-0.2, -0.15) is 0 Å². The van der Waals surface area contributed by atoms with Crippen LogP contribution < -0.4 is 4.90 Å². The van der Waals surface area contributed by atoms with Crippen LogP contribution >= 0.6 is 33.9 Å². The first kappa shape index (κ1) is 18.5. The molecule has 0 saturated carbocycles. The second-order valence-electron chi connectivity index (χ2n) is 5.37. The molecule has 3 aromatic rings. The van der Waals surface area contributed by atoms with Crippen LogP contribution in [-0.2, 0) is 16.1 Å². The van der Waals surface area contributed by atoms with E-state index in [9.17, 15) is 9.59 Å². The van der Waals surface area contributed by atoms with Crippen LogP contribution in [0.3, 0.4) is 0 Å². The lowest BCUT2D eigenvalue weighted by molar-refractivity contribution is -0.115. The van der Waals surface area contributed by atoms with E-state index in [4.69, 9.17) is 4.74 Å². The Labute approximate surface area is 168 Å². The number of benzene rings is 2. The minimum Gasteiger partial charge on any atom is -0.456 e. The van der Waals surface area contributed by atoms with Crippen molar-refractivity contribution >= 4 is 56.6 Å². The van der Waals surface area contributed by atoms with Crippen LogP contribution in [-0.4, -0.2) is 16.9 Å². The number of amides is 1. The van der Waals surface area contributed by atoms with Crippen molar-refractivity contribution in [3.63, 3.8) is 0 Å². The number of ether oxygens (including phenoxy) is 1. The van der Waals surface area contributed by atoms with Crippen LogP contribution in [0.1, 0.15) is 23.0 Å². The first-order valence-electron chi connectivity index (χ1n) is 7.78. The van der Waals surface area contributed by atoms with Gasteiger partial charge in [0, 0.05) is 15.9 Å². The third-order valence-corrected chi connectivity index (χ3v) is 5.32. The van der Waals surface area contributed by atoms with E-state index in [1.807, 2.05) is 42.5 Å². The van der Waals surface area contributed by atoms with E-state index in [-0.39, 0.29) is 12.5 Å². The highest BCUT2D eigenvalue weighted by Crippen LogP contribution is 2.29. The minimum absolute atomic E-state index is 0.0564. The van der Waals surface area contributed by atoms with Crippen molar-refractivity contribution in [2.75, 3.05) is 4.90 Å². The van der Waals surface area contributed by atoms with Crippen molar-refractivity contribution in [3.05, 3.63) is 74.8 Å². The summed E-state index contributed by atoms with van der Waals surface area (Å²) in [5, 5.41) is 2.33. The van der Waals surface area contributed by atoms with E-state index >= 15 is 0 Å². The highest BCUT2D eigenvalue weighted by Gasteiger charge is 2.18. The molecule has 0 bridgehead atoms. The molecule has 132 valence electrons. The van der Waals surface area contributed by atoms with Gasteiger partial charge in [-0.05, 0) is 46.9 Å². The van der Waals surface area contributed by atoms with Crippen molar-refractivity contribution in [3.8, 4) is 0 Å². The second-order valence-corrected chi connectivity index (χ2v) is 7.37. The molecule has 7 heteroatoms. The maximum Gasteiger partial charge on any atom is 0.339 e. The molecule has 2 aromatic carbocycles. The van der Waals surface area contributed by atoms with Gasteiger partial charge in [-0.15, -0.1) is 11.3 Å². The maximum atomic E-state index is 12.2. The Morgan fingerprint density at radius 2 is 1.81 bits per heavy atom. The van der Waals surface area contributed by atoms with Crippen LogP contribution in [0, 0.1) is 3.57 Å². The Kier molecular flexibility index (Phi) is 6.00. The normalized spacial score (nSPS) is 10.4. The van der Waals surface area contributed by atoms with Crippen molar-refractivity contribution in [1.29, 1.82) is 0 Å². The molecule has 1 heterocycles. The molecule has 1 aromatic heterocycles. The molecule has 0 aliphatic carbocycles. The summed E-state index contributed by atoms with van der Waals surface area (Å²) >= 11 is 3.43. The molecule has 0 atom stereocenters. The molecule has 0 N–H and O–H groups in total. The molecular formula is C19H15IN2O3S. The lowest BCUT2D eigenvalue weighted by Gasteiger charge is -2.17. The highest BCUT2D eigenvalue weighted by molar-refractivity contribution is 14.1. The largest absolute Gasteiger partial charge is 0.456 e. The van der Waals surface area contributed by atoms with Gasteiger partial charge in [0.1, 0.15) is 6.61 Å². The average Bonchev–Trinajstić information content (AvgIpc) is 3.09. The van der Waals surface area contributed by atoms with Gasteiger partial charge in [0.25, 0.3) is 0 Å². The number of para-hydroxylation sites is 1. The van der Waals surface area contributed by atoms with E-state index in [2.05, 4.69) is 27.6 Å². The van der Waals surface area contributed by atoms with Gasteiger partial charge in [0.2, 0.25) is 5.91 Å². The number of thiazole rings is 1. The Morgan fingerprint density at radius 1 is 1.12 bits per heavy atom. The molecule has 0 aliphatic heterocycles. The molecule has 0 aliphatic rings. The number of anilines is 2. The number of carbonyl (C=O) groups excluding carboxylic acids is 2. The zero-order chi connectivity index (χ0) is 18.5. The van der Waals surface area contributed by atoms with E-state index in [0.29, 0.717) is 16.4 Å². The highest BCUT2D eigenvalue weighted by atomic mass is 127. The number of hydrogen-bond donors (Lipinski definition) is 0. The molecule has 0 fully saturated rings. The van der Waals surface area contributed by atoms with Crippen LogP contribution in [0.5, 0.6) is 0 Å². The van der Waals surface area contributed by atoms with E-state index in [0.717, 1.165) is 9.26 Å². The van der Waals surface area contributed by atoms with Crippen molar-refractivity contribution in [2.45, 2.75) is 13.5 Å². The van der Waals surface area contributed by atoms with E-state index < -0.39 is 5.97 Å². The summed E-state index contributed by atoms with van der Waals surface area (Å²) in [7, 11) is 0. The fourth-order valence-corrected chi connectivity index (χ4v) is 3.79. The Hall–Kier alpha value is -2.26. The van der Waals surface area contributed by atoms with Crippen molar-refractivity contribution in [1.82, 2.24) is 4.98 Å². The van der Waals surface area contributed by atoms with Crippen molar-refractivity contribution in [2.24, 2.45) is 0 Å². The zero-order valence-corrected chi connectivity index (χ0v) is 16.9. The molecule has 26 heavy (non-hydrogen) atoms. The summed E-state index contributed by atoms with van der Waals surface area (Å²) in [6.07, 6.45) is 0. The third kappa shape index (κ3) is 4.28. The molecule has 0 radical (unpaired) electrons. The fraction of sp³-hybridized carbons (Fsp3) is 0.105. The molecule has 0 unspecified atom stereocenters. The third-order valence-electron chi connectivity index (χ3n) is 3.51. The maximum absolute atomic E-state index is 12.2. The van der Waals surface area contributed by atoms with Crippen LogP contribution in [0.25, 0.3) is 0 Å². The monoisotopic (exact) mass is 478 g/mol. The van der Waals surface area contributed by atoms with Crippen LogP contribution in [0.2, 0.25) is 0 Å². The standard InChI is InChI=1S/C19H15IN2O3S/c1-13(23)22(15-7-3-2-4-8-15)19-21-14(12-26-19)11-25-18(24)16-9-5-6-10-17(16)20/h2-10,12H,11H2,1H3. The summed E-state index contributed by atoms with van der Waals surface area (Å²) in [4.78, 5) is 30.2. The zero-order valence-electron chi connectivity index (χ0n) is 13.9. The van der Waals surface area contributed by atoms with Crippen LogP contribution in [0.4, 0.5) is 10.8 Å². The minimum atomic E-state index is -0.393. The Bertz CT molecular complexity index is 927. The summed E-state index contributed by atoms with van der Waals surface area (Å²) < 4.78 is 6.19. The average molecular weight is 478 g/mol. The molecule has 0 saturated heterocycles. The molecular weight excluding hydrogens is 463 g/mol. The van der Waals surface area contributed by atoms with Gasteiger partial charge < -0.3 is 4.74 Å². The number of rotatable bonds is 5. The Morgan fingerprint density at radius 3 is 2.50 bits per heavy atom. The first-order chi connectivity index (χ1) is 12.6. The number of carbonyl (C=O) groups is 2. The topological polar surface area (TPSA) is 59.5 Å².